The van der Waals surface area contributed by atoms with E-state index in [1.54, 1.807) is 0 Å². The van der Waals surface area contributed by atoms with Crippen LogP contribution in [-0.4, -0.2) is 40.9 Å². The monoisotopic (exact) mass is 396 g/mol. The fraction of sp³-hybridized carbons (Fsp3) is 0.438. The Kier molecular flexibility index (Phi) is 4.49. The molecule has 0 radical (unpaired) electrons. The highest BCUT2D eigenvalue weighted by Crippen LogP contribution is 2.22. The van der Waals surface area contributed by atoms with Gasteiger partial charge < -0.3 is 4.90 Å². The van der Waals surface area contributed by atoms with Gasteiger partial charge in [-0.1, -0.05) is 6.07 Å². The van der Waals surface area contributed by atoms with Crippen molar-refractivity contribution in [1.82, 2.24) is 14.7 Å². The van der Waals surface area contributed by atoms with Crippen LogP contribution in [0, 0.1) is 10.5 Å². The molecular formula is C16H21IN4. The first-order valence-electron chi connectivity index (χ1n) is 7.33. The van der Waals surface area contributed by atoms with E-state index in [1.807, 2.05) is 17.9 Å². The minimum Gasteiger partial charge on any atom is -0.369 e. The summed E-state index contributed by atoms with van der Waals surface area (Å²) in [5, 5.41) is 4.24. The number of benzene rings is 1. The van der Waals surface area contributed by atoms with Gasteiger partial charge in [-0.25, -0.2) is 0 Å². The van der Waals surface area contributed by atoms with Crippen LogP contribution in [0.5, 0.6) is 0 Å². The van der Waals surface area contributed by atoms with Crippen LogP contribution in [0.1, 0.15) is 11.1 Å². The van der Waals surface area contributed by atoms with E-state index in [1.165, 1.54) is 20.4 Å². The summed E-state index contributed by atoms with van der Waals surface area (Å²) >= 11 is 2.42. The first kappa shape index (κ1) is 14.8. The first-order chi connectivity index (χ1) is 10.1. The van der Waals surface area contributed by atoms with Crippen LogP contribution in [-0.2, 0) is 13.6 Å². The number of rotatable bonds is 3. The van der Waals surface area contributed by atoms with E-state index in [0.717, 1.165) is 32.7 Å². The molecule has 112 valence electrons. The first-order valence-corrected chi connectivity index (χ1v) is 8.41. The van der Waals surface area contributed by atoms with Crippen molar-refractivity contribution in [3.05, 3.63) is 45.3 Å². The average Bonchev–Trinajstić information content (AvgIpc) is 2.88. The quantitative estimate of drug-likeness (QED) is 0.746. The van der Waals surface area contributed by atoms with Gasteiger partial charge in [0.15, 0.2) is 0 Å². The molecule has 0 N–H and O–H groups in total. The van der Waals surface area contributed by atoms with Crippen LogP contribution in [0.3, 0.4) is 0 Å². The Balaban J connectivity index is 1.58. The van der Waals surface area contributed by atoms with Gasteiger partial charge in [-0.3, -0.25) is 9.58 Å². The van der Waals surface area contributed by atoms with Crippen LogP contribution >= 0.6 is 22.6 Å². The van der Waals surface area contributed by atoms with Gasteiger partial charge in [0.1, 0.15) is 0 Å². The van der Waals surface area contributed by atoms with Crippen molar-refractivity contribution >= 4 is 28.3 Å². The molecule has 0 amide bonds. The molecule has 1 aromatic heterocycles. The second-order valence-corrected chi connectivity index (χ2v) is 6.88. The Hall–Kier alpha value is -1.08. The summed E-state index contributed by atoms with van der Waals surface area (Å²) in [5.41, 5.74) is 4.01. The largest absolute Gasteiger partial charge is 0.369 e. The third-order valence-corrected chi connectivity index (χ3v) is 5.22. The van der Waals surface area contributed by atoms with Crippen molar-refractivity contribution in [2.75, 3.05) is 31.1 Å². The van der Waals surface area contributed by atoms with Crippen LogP contribution in [0.15, 0.2) is 30.6 Å². The van der Waals surface area contributed by atoms with Crippen LogP contribution in [0.25, 0.3) is 0 Å². The molecule has 0 aliphatic carbocycles. The minimum absolute atomic E-state index is 1.01. The lowest BCUT2D eigenvalue weighted by Gasteiger charge is -2.36. The zero-order valence-corrected chi connectivity index (χ0v) is 14.7. The molecule has 0 atom stereocenters. The van der Waals surface area contributed by atoms with E-state index < -0.39 is 0 Å². The van der Waals surface area contributed by atoms with Crippen molar-refractivity contribution in [3.8, 4) is 0 Å². The van der Waals surface area contributed by atoms with Crippen molar-refractivity contribution in [2.45, 2.75) is 13.5 Å². The number of nitrogens with zero attached hydrogens (tertiary/aromatic N) is 4. The Labute approximate surface area is 139 Å². The second kappa shape index (κ2) is 6.36. The number of anilines is 1. The van der Waals surface area contributed by atoms with E-state index in [-0.39, 0.29) is 0 Å². The van der Waals surface area contributed by atoms with Gasteiger partial charge in [-0.15, -0.1) is 0 Å². The van der Waals surface area contributed by atoms with Crippen molar-refractivity contribution < 1.29 is 0 Å². The third kappa shape index (κ3) is 3.58. The molecule has 1 fully saturated rings. The highest BCUT2D eigenvalue weighted by atomic mass is 127. The second-order valence-electron chi connectivity index (χ2n) is 5.72. The Morgan fingerprint density at radius 1 is 1.19 bits per heavy atom. The smallest absolute Gasteiger partial charge is 0.0534 e. The molecule has 4 nitrogen and oxygen atoms in total. The Morgan fingerprint density at radius 3 is 2.57 bits per heavy atom. The summed E-state index contributed by atoms with van der Waals surface area (Å²) in [6, 6.07) is 6.76. The Morgan fingerprint density at radius 2 is 1.95 bits per heavy atom. The highest BCUT2D eigenvalue weighted by Gasteiger charge is 2.18. The highest BCUT2D eigenvalue weighted by molar-refractivity contribution is 14.1. The zero-order chi connectivity index (χ0) is 14.8. The van der Waals surface area contributed by atoms with Gasteiger partial charge >= 0.3 is 0 Å². The molecule has 0 bridgehead atoms. The molecule has 1 saturated heterocycles. The van der Waals surface area contributed by atoms with Gasteiger partial charge in [0.05, 0.1) is 6.20 Å². The summed E-state index contributed by atoms with van der Waals surface area (Å²) in [7, 11) is 1.97. The van der Waals surface area contributed by atoms with E-state index in [4.69, 9.17) is 0 Å². The van der Waals surface area contributed by atoms with E-state index in [9.17, 15) is 0 Å². The third-order valence-electron chi connectivity index (χ3n) is 4.06. The van der Waals surface area contributed by atoms with Crippen molar-refractivity contribution in [1.29, 1.82) is 0 Å². The molecule has 3 rings (SSSR count). The number of piperazine rings is 1. The molecular weight excluding hydrogens is 375 g/mol. The topological polar surface area (TPSA) is 24.3 Å². The minimum atomic E-state index is 1.01. The fourth-order valence-electron chi connectivity index (χ4n) is 2.75. The van der Waals surface area contributed by atoms with Gasteiger partial charge in [0.2, 0.25) is 0 Å². The zero-order valence-electron chi connectivity index (χ0n) is 12.6. The summed E-state index contributed by atoms with van der Waals surface area (Å²) in [5.74, 6) is 0. The van der Waals surface area contributed by atoms with Crippen molar-refractivity contribution in [3.63, 3.8) is 0 Å². The number of aromatic nitrogens is 2. The molecule has 21 heavy (non-hydrogen) atoms. The molecule has 0 unspecified atom stereocenters. The van der Waals surface area contributed by atoms with Crippen LogP contribution in [0.2, 0.25) is 0 Å². The summed E-state index contributed by atoms with van der Waals surface area (Å²) in [6.07, 6.45) is 4.07. The number of aryl methyl sites for hydroxylation is 2. The van der Waals surface area contributed by atoms with Gasteiger partial charge in [0, 0.05) is 60.8 Å². The van der Waals surface area contributed by atoms with Crippen molar-refractivity contribution in [2.24, 2.45) is 7.05 Å². The number of hydrogen-bond acceptors (Lipinski definition) is 3. The predicted molar refractivity (Wildman–Crippen MR) is 94.6 cm³/mol. The van der Waals surface area contributed by atoms with Gasteiger partial charge in [-0.05, 0) is 47.2 Å². The summed E-state index contributed by atoms with van der Waals surface area (Å²) in [6.45, 7) is 7.59. The molecule has 2 heterocycles. The Bertz CT molecular complexity index is 614. The molecule has 0 saturated carbocycles. The van der Waals surface area contributed by atoms with E-state index >= 15 is 0 Å². The predicted octanol–water partition coefficient (Wildman–Crippen LogP) is 2.66. The molecule has 1 aromatic carbocycles. The maximum Gasteiger partial charge on any atom is 0.0534 e. The average molecular weight is 396 g/mol. The normalized spacial score (nSPS) is 16.4. The molecule has 2 aromatic rings. The maximum absolute atomic E-state index is 4.24. The van der Waals surface area contributed by atoms with E-state index in [0.29, 0.717) is 0 Å². The summed E-state index contributed by atoms with van der Waals surface area (Å²) < 4.78 is 3.22. The lowest BCUT2D eigenvalue weighted by Crippen LogP contribution is -2.45. The molecule has 1 aliphatic rings. The van der Waals surface area contributed by atoms with E-state index in [2.05, 4.69) is 68.8 Å². The SMILES string of the molecule is Cc1ccc(N2CCN(Cc3cnn(C)c3)CC2)cc1I. The standard InChI is InChI=1S/C16H21IN4/c1-13-3-4-15(9-16(13)17)21-7-5-20(6-8-21)12-14-10-18-19(2)11-14/h3-4,9-11H,5-8,12H2,1-2H3. The molecule has 1 aliphatic heterocycles. The van der Waals surface area contributed by atoms with Crippen LogP contribution in [0.4, 0.5) is 5.69 Å². The molecule has 5 heteroatoms. The number of hydrogen-bond donors (Lipinski definition) is 0. The number of halogens is 1. The van der Waals surface area contributed by atoms with Gasteiger partial charge in [-0.2, -0.15) is 5.10 Å². The molecule has 0 spiro atoms. The fourth-order valence-corrected chi connectivity index (χ4v) is 3.25. The maximum atomic E-state index is 4.24. The van der Waals surface area contributed by atoms with Crippen LogP contribution < -0.4 is 4.90 Å². The lowest BCUT2D eigenvalue weighted by molar-refractivity contribution is 0.250. The van der Waals surface area contributed by atoms with Gasteiger partial charge in [0.25, 0.3) is 0 Å². The summed E-state index contributed by atoms with van der Waals surface area (Å²) in [4.78, 5) is 4.99. The lowest BCUT2D eigenvalue weighted by atomic mass is 10.2.